The number of nitrogens with one attached hydrogen (secondary N) is 1. The summed E-state index contributed by atoms with van der Waals surface area (Å²) < 4.78 is 15.8. The molecule has 10 heteroatoms. The molecule has 2 aliphatic rings. The number of anilines is 1. The molecule has 2 atom stereocenters. The van der Waals surface area contributed by atoms with E-state index >= 15 is 0 Å². The lowest BCUT2D eigenvalue weighted by Gasteiger charge is -2.23. The van der Waals surface area contributed by atoms with Crippen LogP contribution >= 0.6 is 11.8 Å². The molecule has 2 unspecified atom stereocenters. The first-order chi connectivity index (χ1) is 19.0. The van der Waals surface area contributed by atoms with E-state index in [1.165, 1.54) is 11.8 Å². The molecule has 2 amide bonds. The van der Waals surface area contributed by atoms with Gasteiger partial charge < -0.3 is 19.5 Å². The van der Waals surface area contributed by atoms with Crippen molar-refractivity contribution in [1.82, 2.24) is 5.01 Å². The van der Waals surface area contributed by atoms with Crippen molar-refractivity contribution in [1.29, 1.82) is 0 Å². The Balaban J connectivity index is 1.33. The Morgan fingerprint density at radius 3 is 2.05 bits per heavy atom. The third kappa shape index (κ3) is 5.91. The van der Waals surface area contributed by atoms with Gasteiger partial charge in [-0.25, -0.2) is 5.01 Å². The third-order valence-corrected chi connectivity index (χ3v) is 7.65. The van der Waals surface area contributed by atoms with Crippen molar-refractivity contribution < 1.29 is 23.8 Å². The molecule has 2 heterocycles. The number of rotatable bonds is 8. The number of carbonyl (C=O) groups is 2. The molecule has 200 valence electrons. The molecule has 0 fully saturated rings. The number of benzene rings is 3. The van der Waals surface area contributed by atoms with E-state index in [0.29, 0.717) is 23.0 Å². The zero-order valence-electron chi connectivity index (χ0n) is 21.8. The van der Waals surface area contributed by atoms with Crippen molar-refractivity contribution in [2.75, 3.05) is 26.6 Å². The van der Waals surface area contributed by atoms with E-state index in [1.807, 2.05) is 48.5 Å². The molecule has 0 saturated carbocycles. The summed E-state index contributed by atoms with van der Waals surface area (Å²) in [6, 6.07) is 22.4. The number of thioether (sulfide) groups is 1. The summed E-state index contributed by atoms with van der Waals surface area (Å²) in [6.45, 7) is 0. The van der Waals surface area contributed by atoms with Crippen molar-refractivity contribution in [2.45, 2.75) is 24.1 Å². The summed E-state index contributed by atoms with van der Waals surface area (Å²) in [4.78, 5) is 29.9. The molecule has 2 aliphatic heterocycles. The van der Waals surface area contributed by atoms with Gasteiger partial charge in [-0.05, 0) is 71.8 Å². The molecule has 0 aliphatic carbocycles. The number of hydrogen-bond donors (Lipinski definition) is 1. The largest absolute Gasteiger partial charge is 0.497 e. The second kappa shape index (κ2) is 11.6. The highest BCUT2D eigenvalue weighted by Gasteiger charge is 2.39. The average Bonchev–Trinajstić information content (AvgIpc) is 3.57. The van der Waals surface area contributed by atoms with Gasteiger partial charge in [-0.2, -0.15) is 10.1 Å². The highest BCUT2D eigenvalue weighted by Crippen LogP contribution is 2.39. The summed E-state index contributed by atoms with van der Waals surface area (Å²) in [7, 11) is 4.84. The topological polar surface area (TPSA) is 102 Å². The van der Waals surface area contributed by atoms with E-state index in [1.54, 1.807) is 50.6 Å². The van der Waals surface area contributed by atoms with E-state index in [-0.39, 0.29) is 24.3 Å². The van der Waals surface area contributed by atoms with Crippen molar-refractivity contribution in [3.8, 4) is 17.2 Å². The lowest BCUT2D eigenvalue weighted by atomic mass is 9.98. The van der Waals surface area contributed by atoms with Gasteiger partial charge in [0.05, 0.1) is 33.1 Å². The number of hydrogen-bond acceptors (Lipinski definition) is 8. The van der Waals surface area contributed by atoms with Gasteiger partial charge in [0.25, 0.3) is 5.91 Å². The zero-order valence-corrected chi connectivity index (χ0v) is 22.6. The fourth-order valence-corrected chi connectivity index (χ4v) is 5.45. The van der Waals surface area contributed by atoms with Gasteiger partial charge in [0, 0.05) is 18.5 Å². The third-order valence-electron chi connectivity index (χ3n) is 6.50. The van der Waals surface area contributed by atoms with Crippen LogP contribution in [-0.4, -0.2) is 54.3 Å². The van der Waals surface area contributed by atoms with E-state index in [4.69, 9.17) is 19.3 Å². The number of ether oxygens (including phenoxy) is 3. The summed E-state index contributed by atoms with van der Waals surface area (Å²) in [6.07, 6.45) is 0.619. The van der Waals surface area contributed by atoms with Crippen molar-refractivity contribution in [2.24, 2.45) is 10.1 Å². The van der Waals surface area contributed by atoms with Gasteiger partial charge in [-0.3, -0.25) is 9.59 Å². The van der Waals surface area contributed by atoms with Gasteiger partial charge >= 0.3 is 0 Å². The normalized spacial score (nSPS) is 18.4. The average molecular weight is 545 g/mol. The second-order valence-corrected chi connectivity index (χ2v) is 10.1. The Morgan fingerprint density at radius 2 is 1.46 bits per heavy atom. The van der Waals surface area contributed by atoms with Gasteiger partial charge in [0.1, 0.15) is 22.5 Å². The standard InChI is InChI=1S/C29H28N4O5S/c1-36-21-10-4-18(5-11-21)24-16-25(19-6-12-22(37-2)13-7-19)33(32-24)29-31-28(35)26(39-29)17-27(34)30-20-8-14-23(38-3)15-9-20/h4-15,25-26H,16-17H2,1-3H3,(H,30,34). The quantitative estimate of drug-likeness (QED) is 0.431. The van der Waals surface area contributed by atoms with Crippen LogP contribution in [-0.2, 0) is 9.59 Å². The molecule has 9 nitrogen and oxygen atoms in total. The summed E-state index contributed by atoms with van der Waals surface area (Å²) >= 11 is 1.26. The Labute approximate surface area is 230 Å². The number of aliphatic imine (C=N–C) groups is 1. The van der Waals surface area contributed by atoms with E-state index in [9.17, 15) is 9.59 Å². The van der Waals surface area contributed by atoms with Crippen LogP contribution in [0.3, 0.4) is 0 Å². The van der Waals surface area contributed by atoms with Crippen LogP contribution < -0.4 is 19.5 Å². The minimum absolute atomic E-state index is 0.00137. The number of nitrogens with zero attached hydrogens (tertiary/aromatic N) is 3. The van der Waals surface area contributed by atoms with Crippen molar-refractivity contribution in [3.05, 3.63) is 83.9 Å². The van der Waals surface area contributed by atoms with Crippen LogP contribution in [0.15, 0.2) is 82.9 Å². The van der Waals surface area contributed by atoms with E-state index in [0.717, 1.165) is 28.3 Å². The number of hydrazone groups is 1. The summed E-state index contributed by atoms with van der Waals surface area (Å²) in [5.41, 5.74) is 3.47. The van der Waals surface area contributed by atoms with Gasteiger partial charge in [-0.1, -0.05) is 23.9 Å². The maximum absolute atomic E-state index is 12.9. The predicted octanol–water partition coefficient (Wildman–Crippen LogP) is 4.89. The number of carbonyl (C=O) groups excluding carboxylic acids is 2. The first kappa shape index (κ1) is 26.3. The number of methoxy groups -OCH3 is 3. The molecule has 0 spiro atoms. The first-order valence-corrected chi connectivity index (χ1v) is 13.2. The molecule has 0 aromatic heterocycles. The Hall–Kier alpha value is -4.31. The zero-order chi connectivity index (χ0) is 27.4. The second-order valence-electron chi connectivity index (χ2n) is 8.93. The first-order valence-electron chi connectivity index (χ1n) is 12.4. The molecule has 39 heavy (non-hydrogen) atoms. The van der Waals surface area contributed by atoms with Crippen LogP contribution in [0.1, 0.15) is 30.0 Å². The number of amides is 2. The highest BCUT2D eigenvalue weighted by molar-refractivity contribution is 8.15. The molecular formula is C29H28N4O5S. The Bertz CT molecular complexity index is 1410. The minimum atomic E-state index is -0.630. The SMILES string of the molecule is COc1ccc(NC(=O)CC2SC(N3N=C(c4ccc(OC)cc4)CC3c3ccc(OC)cc3)=NC2=O)cc1. The molecule has 0 radical (unpaired) electrons. The van der Waals surface area contributed by atoms with Crippen LogP contribution in [0.4, 0.5) is 5.69 Å². The highest BCUT2D eigenvalue weighted by atomic mass is 32.2. The molecule has 3 aromatic rings. The summed E-state index contributed by atoms with van der Waals surface area (Å²) in [5.74, 6) is 1.60. The maximum atomic E-state index is 12.9. The van der Waals surface area contributed by atoms with Crippen molar-refractivity contribution in [3.63, 3.8) is 0 Å². The molecule has 0 bridgehead atoms. The van der Waals surface area contributed by atoms with Crippen LogP contribution in [0.2, 0.25) is 0 Å². The molecular weight excluding hydrogens is 516 g/mol. The predicted molar refractivity (Wildman–Crippen MR) is 152 cm³/mol. The lowest BCUT2D eigenvalue weighted by Crippen LogP contribution is -2.25. The molecule has 1 N–H and O–H groups in total. The fourth-order valence-electron chi connectivity index (χ4n) is 4.39. The smallest absolute Gasteiger partial charge is 0.262 e. The van der Waals surface area contributed by atoms with Gasteiger partial charge in [0.2, 0.25) is 5.91 Å². The van der Waals surface area contributed by atoms with Gasteiger partial charge in [0.15, 0.2) is 5.17 Å². The Morgan fingerprint density at radius 1 is 0.897 bits per heavy atom. The summed E-state index contributed by atoms with van der Waals surface area (Å²) in [5, 5.41) is 9.37. The van der Waals surface area contributed by atoms with Gasteiger partial charge in [-0.15, -0.1) is 0 Å². The van der Waals surface area contributed by atoms with Crippen LogP contribution in [0.5, 0.6) is 17.2 Å². The molecule has 0 saturated heterocycles. The maximum Gasteiger partial charge on any atom is 0.262 e. The minimum Gasteiger partial charge on any atom is -0.497 e. The lowest BCUT2D eigenvalue weighted by molar-refractivity contribution is -0.121. The van der Waals surface area contributed by atoms with Crippen LogP contribution in [0.25, 0.3) is 0 Å². The van der Waals surface area contributed by atoms with E-state index in [2.05, 4.69) is 10.3 Å². The van der Waals surface area contributed by atoms with E-state index < -0.39 is 5.25 Å². The molecule has 5 rings (SSSR count). The Kier molecular flexibility index (Phi) is 7.83. The molecule has 3 aromatic carbocycles. The van der Waals surface area contributed by atoms with Crippen LogP contribution in [0, 0.1) is 0 Å². The number of amidine groups is 1. The monoisotopic (exact) mass is 544 g/mol. The van der Waals surface area contributed by atoms with Crippen molar-refractivity contribution >= 4 is 40.1 Å². The fraction of sp³-hybridized carbons (Fsp3) is 0.241.